The molecule has 0 N–H and O–H groups in total. The minimum absolute atomic E-state index is 0.790. The van der Waals surface area contributed by atoms with E-state index in [9.17, 15) is 0 Å². The zero-order chi connectivity index (χ0) is 28.9. The van der Waals surface area contributed by atoms with Crippen LogP contribution in [0.15, 0.2) is 12.1 Å². The van der Waals surface area contributed by atoms with E-state index < -0.39 is 0 Å². The Morgan fingerprint density at radius 2 is 0.650 bits per heavy atom. The Labute approximate surface area is 266 Å². The second kappa shape index (κ2) is 28.9. The zero-order valence-electron chi connectivity index (χ0n) is 26.5. The van der Waals surface area contributed by atoms with Crippen molar-refractivity contribution in [1.29, 1.82) is 0 Å². The summed E-state index contributed by atoms with van der Waals surface area (Å²) in [5, 5.41) is 1.58. The van der Waals surface area contributed by atoms with Gasteiger partial charge in [0.2, 0.25) is 0 Å². The molecule has 1 aromatic rings. The van der Waals surface area contributed by atoms with Crippen molar-refractivity contribution in [3.8, 4) is 11.5 Å². The first-order chi connectivity index (χ1) is 19.8. The lowest BCUT2D eigenvalue weighted by Crippen LogP contribution is -2.04. The molecule has 234 valence electrons. The fourth-order valence-electron chi connectivity index (χ4n) is 5.37. The molecule has 0 aliphatic carbocycles. The molecule has 0 fully saturated rings. The molecule has 0 spiro atoms. The van der Waals surface area contributed by atoms with Gasteiger partial charge in [0, 0.05) is 21.8 Å². The van der Waals surface area contributed by atoms with Gasteiger partial charge >= 0.3 is 0 Å². The molecule has 0 saturated heterocycles. The molecule has 0 atom stereocenters. The van der Waals surface area contributed by atoms with E-state index in [1.165, 1.54) is 152 Å². The van der Waals surface area contributed by atoms with Crippen molar-refractivity contribution < 1.29 is 9.47 Å². The maximum Gasteiger partial charge on any atom is 0.123 e. The number of hydrogen-bond donors (Lipinski definition) is 0. The van der Waals surface area contributed by atoms with Gasteiger partial charge < -0.3 is 9.47 Å². The Morgan fingerprint density at radius 1 is 0.400 bits per heavy atom. The van der Waals surface area contributed by atoms with Gasteiger partial charge in [0.05, 0.1) is 13.2 Å². The van der Waals surface area contributed by atoms with Crippen LogP contribution >= 0.6 is 31.9 Å². The summed E-state index contributed by atoms with van der Waals surface area (Å²) in [5.41, 5.74) is 2.38. The van der Waals surface area contributed by atoms with Gasteiger partial charge in [-0.2, -0.15) is 0 Å². The van der Waals surface area contributed by atoms with E-state index in [0.717, 1.165) is 48.2 Å². The Morgan fingerprint density at radius 3 is 0.900 bits per heavy atom. The average Bonchev–Trinajstić information content (AvgIpc) is 2.97. The van der Waals surface area contributed by atoms with E-state index in [0.29, 0.717) is 0 Å². The van der Waals surface area contributed by atoms with Crippen LogP contribution in [0.4, 0.5) is 0 Å². The number of benzene rings is 1. The van der Waals surface area contributed by atoms with Crippen molar-refractivity contribution in [1.82, 2.24) is 0 Å². The highest BCUT2D eigenvalue weighted by molar-refractivity contribution is 9.08. The van der Waals surface area contributed by atoms with Gasteiger partial charge in [-0.05, 0) is 25.0 Å². The Hall–Kier alpha value is -0.220. The van der Waals surface area contributed by atoms with Crippen LogP contribution in [0.3, 0.4) is 0 Å². The van der Waals surface area contributed by atoms with Crippen LogP contribution in [-0.2, 0) is 10.7 Å². The molecule has 0 aliphatic rings. The smallest absolute Gasteiger partial charge is 0.123 e. The van der Waals surface area contributed by atoms with E-state index >= 15 is 0 Å². The van der Waals surface area contributed by atoms with E-state index in [1.54, 1.807) is 0 Å². The van der Waals surface area contributed by atoms with Crippen molar-refractivity contribution in [3.63, 3.8) is 0 Å². The summed E-state index contributed by atoms with van der Waals surface area (Å²) < 4.78 is 12.5. The van der Waals surface area contributed by atoms with E-state index in [4.69, 9.17) is 9.47 Å². The van der Waals surface area contributed by atoms with Gasteiger partial charge in [-0.25, -0.2) is 0 Å². The number of rotatable bonds is 30. The fourth-order valence-corrected chi connectivity index (χ4v) is 6.25. The van der Waals surface area contributed by atoms with Crippen LogP contribution < -0.4 is 9.47 Å². The van der Waals surface area contributed by atoms with Crippen LogP contribution in [0.1, 0.15) is 179 Å². The highest BCUT2D eigenvalue weighted by Gasteiger charge is 2.11. The molecule has 1 aromatic carbocycles. The number of halogens is 2. The molecule has 0 unspecified atom stereocenters. The SMILES string of the molecule is CCCCCCCCCCCCCCOc1cc(CBr)c(OCCCCCCCCCCCCCC)cc1CBr. The first-order valence-electron chi connectivity index (χ1n) is 17.3. The lowest BCUT2D eigenvalue weighted by atomic mass is 10.1. The minimum Gasteiger partial charge on any atom is -0.493 e. The molecule has 1 rings (SSSR count). The van der Waals surface area contributed by atoms with Gasteiger partial charge in [-0.3, -0.25) is 0 Å². The van der Waals surface area contributed by atoms with Gasteiger partial charge in [0.1, 0.15) is 11.5 Å². The normalized spacial score (nSPS) is 11.3. The Balaban J connectivity index is 2.15. The third kappa shape index (κ3) is 20.6. The van der Waals surface area contributed by atoms with Crippen molar-refractivity contribution in [3.05, 3.63) is 23.3 Å². The highest BCUT2D eigenvalue weighted by atomic mass is 79.9. The van der Waals surface area contributed by atoms with E-state index in [2.05, 4.69) is 57.8 Å². The molecule has 2 nitrogen and oxygen atoms in total. The Bertz CT molecular complexity index is 621. The van der Waals surface area contributed by atoms with Gasteiger partial charge in [0.15, 0.2) is 0 Å². The van der Waals surface area contributed by atoms with Crippen molar-refractivity contribution >= 4 is 31.9 Å². The second-order valence-corrected chi connectivity index (χ2v) is 12.9. The number of hydrogen-bond acceptors (Lipinski definition) is 2. The predicted octanol–water partition coefficient (Wildman–Crippen LogP) is 13.6. The predicted molar refractivity (Wildman–Crippen MR) is 185 cm³/mol. The maximum absolute atomic E-state index is 6.23. The molecule has 4 heteroatoms. The largest absolute Gasteiger partial charge is 0.493 e. The van der Waals surface area contributed by atoms with Crippen LogP contribution in [0.25, 0.3) is 0 Å². The Kier molecular flexibility index (Phi) is 27.3. The summed E-state index contributed by atoms with van der Waals surface area (Å²) in [6, 6.07) is 4.37. The standard InChI is InChI=1S/C36H64Br2O2/c1-3-5-7-9-11-13-15-17-19-21-23-25-27-39-35-29-34(32-38)36(30-33(35)31-37)40-28-26-24-22-20-18-16-14-12-10-8-6-4-2/h29-30H,3-28,31-32H2,1-2H3. The van der Waals surface area contributed by atoms with Crippen LogP contribution in [0.5, 0.6) is 11.5 Å². The molecule has 0 amide bonds. The molecular formula is C36H64Br2O2. The monoisotopic (exact) mass is 686 g/mol. The first kappa shape index (κ1) is 37.8. The van der Waals surface area contributed by atoms with E-state index in [1.807, 2.05) is 0 Å². The summed E-state index contributed by atoms with van der Waals surface area (Å²) in [7, 11) is 0. The molecule has 40 heavy (non-hydrogen) atoms. The molecule has 0 aliphatic heterocycles. The number of ether oxygens (including phenoxy) is 2. The van der Waals surface area contributed by atoms with Gasteiger partial charge in [0.25, 0.3) is 0 Å². The van der Waals surface area contributed by atoms with E-state index in [-0.39, 0.29) is 0 Å². The number of unbranched alkanes of at least 4 members (excludes halogenated alkanes) is 22. The van der Waals surface area contributed by atoms with Gasteiger partial charge in [-0.1, -0.05) is 187 Å². The highest BCUT2D eigenvalue weighted by Crippen LogP contribution is 2.32. The summed E-state index contributed by atoms with van der Waals surface area (Å²) in [6.07, 6.45) is 32.8. The zero-order valence-corrected chi connectivity index (χ0v) is 29.7. The first-order valence-corrected chi connectivity index (χ1v) is 19.5. The number of alkyl halides is 2. The minimum atomic E-state index is 0.790. The van der Waals surface area contributed by atoms with Crippen LogP contribution in [0, 0.1) is 0 Å². The van der Waals surface area contributed by atoms with Crippen LogP contribution in [-0.4, -0.2) is 13.2 Å². The summed E-state index contributed by atoms with van der Waals surface area (Å²) in [5.74, 6) is 2.01. The molecule has 0 heterocycles. The maximum atomic E-state index is 6.23. The van der Waals surface area contributed by atoms with Crippen molar-refractivity contribution in [2.75, 3.05) is 13.2 Å². The van der Waals surface area contributed by atoms with Crippen LogP contribution in [0.2, 0.25) is 0 Å². The molecule has 0 radical (unpaired) electrons. The average molecular weight is 689 g/mol. The molecular weight excluding hydrogens is 624 g/mol. The fraction of sp³-hybridized carbons (Fsp3) is 0.833. The lowest BCUT2D eigenvalue weighted by Gasteiger charge is -2.16. The lowest BCUT2D eigenvalue weighted by molar-refractivity contribution is 0.293. The summed E-state index contributed by atoms with van der Waals surface area (Å²) in [6.45, 7) is 6.19. The topological polar surface area (TPSA) is 18.5 Å². The third-order valence-electron chi connectivity index (χ3n) is 8.04. The van der Waals surface area contributed by atoms with Crippen molar-refractivity contribution in [2.45, 2.75) is 179 Å². The van der Waals surface area contributed by atoms with Gasteiger partial charge in [-0.15, -0.1) is 0 Å². The molecule has 0 aromatic heterocycles. The second-order valence-electron chi connectivity index (χ2n) is 11.8. The quantitative estimate of drug-likeness (QED) is 0.0592. The summed E-state index contributed by atoms with van der Waals surface area (Å²) >= 11 is 7.33. The molecule has 0 saturated carbocycles. The summed E-state index contributed by atoms with van der Waals surface area (Å²) in [4.78, 5) is 0. The third-order valence-corrected chi connectivity index (χ3v) is 9.25. The molecule has 0 bridgehead atoms. The van der Waals surface area contributed by atoms with Crippen molar-refractivity contribution in [2.24, 2.45) is 0 Å².